The molecule has 0 radical (unpaired) electrons. The van der Waals surface area contributed by atoms with Crippen LogP contribution in [0, 0.1) is 19.5 Å². The van der Waals surface area contributed by atoms with Gasteiger partial charge in [-0.1, -0.05) is 17.7 Å². The molecule has 0 spiro atoms. The average Bonchev–Trinajstić information content (AvgIpc) is 3.13. The fourth-order valence-electron chi connectivity index (χ4n) is 3.57. The average molecular weight is 669 g/mol. The molecule has 3 aromatic carbocycles. The zero-order chi connectivity index (χ0) is 27.4. The van der Waals surface area contributed by atoms with Crippen molar-refractivity contribution in [3.8, 4) is 11.5 Å². The molecular weight excluding hydrogens is 650 g/mol. The van der Waals surface area contributed by atoms with Gasteiger partial charge in [-0.05, 0) is 94.9 Å². The predicted octanol–water partition coefficient (Wildman–Crippen LogP) is 7.21. The summed E-state index contributed by atoms with van der Waals surface area (Å²) in [4.78, 5) is 37.1. The summed E-state index contributed by atoms with van der Waals surface area (Å²) in [5.41, 5.74) is 1.40. The van der Waals surface area contributed by atoms with E-state index < -0.39 is 21.9 Å². The molecule has 1 aliphatic rings. The molecule has 0 aliphatic carbocycles. The first kappa shape index (κ1) is 27.9. The lowest BCUT2D eigenvalue weighted by molar-refractivity contribution is -0.384. The lowest BCUT2D eigenvalue weighted by Crippen LogP contribution is -2.28. The number of nitro groups is 1. The first-order valence-electron chi connectivity index (χ1n) is 11.2. The van der Waals surface area contributed by atoms with Crippen LogP contribution in [0.3, 0.4) is 0 Å². The van der Waals surface area contributed by atoms with E-state index in [1.807, 2.05) is 6.92 Å². The van der Waals surface area contributed by atoms with E-state index in [4.69, 9.17) is 21.1 Å². The predicted molar refractivity (Wildman–Crippen MR) is 151 cm³/mol. The maximum atomic E-state index is 14.2. The number of nitrogens with zero attached hydrogens (tertiary/aromatic N) is 2. The minimum absolute atomic E-state index is 0.0101. The molecule has 2 amide bonds. The SMILES string of the molecule is CCOc1cc(/C=C2\SC(=O)N(Cc3c(F)cccc3Cl)C2=O)cc(I)c1OCc1ccc([N+](=O)[O-])cc1. The molecule has 196 valence electrons. The first-order chi connectivity index (χ1) is 18.2. The molecule has 0 bridgehead atoms. The van der Waals surface area contributed by atoms with Crippen molar-refractivity contribution in [1.82, 2.24) is 4.90 Å². The Balaban J connectivity index is 1.55. The van der Waals surface area contributed by atoms with Gasteiger partial charge in [-0.25, -0.2) is 4.39 Å². The Morgan fingerprint density at radius 2 is 1.89 bits per heavy atom. The number of rotatable bonds is 9. The van der Waals surface area contributed by atoms with Crippen LogP contribution >= 0.6 is 46.0 Å². The van der Waals surface area contributed by atoms with Gasteiger partial charge in [0.1, 0.15) is 12.4 Å². The molecule has 38 heavy (non-hydrogen) atoms. The summed E-state index contributed by atoms with van der Waals surface area (Å²) >= 11 is 8.91. The normalized spacial score (nSPS) is 14.3. The van der Waals surface area contributed by atoms with Crippen molar-refractivity contribution in [2.45, 2.75) is 20.1 Å². The van der Waals surface area contributed by atoms with Gasteiger partial charge in [-0.15, -0.1) is 0 Å². The van der Waals surface area contributed by atoms with Crippen LogP contribution in [0.25, 0.3) is 6.08 Å². The second-order valence-corrected chi connectivity index (χ2v) is 10.5. The minimum Gasteiger partial charge on any atom is -0.490 e. The maximum absolute atomic E-state index is 14.2. The van der Waals surface area contributed by atoms with Gasteiger partial charge in [0.05, 0.1) is 26.6 Å². The number of hydrogen-bond donors (Lipinski definition) is 0. The monoisotopic (exact) mass is 668 g/mol. The fourth-order valence-corrected chi connectivity index (χ4v) is 5.41. The van der Waals surface area contributed by atoms with Gasteiger partial charge >= 0.3 is 0 Å². The number of imide groups is 1. The fraction of sp³-hybridized carbons (Fsp3) is 0.154. The summed E-state index contributed by atoms with van der Waals surface area (Å²) in [6.45, 7) is 2.06. The van der Waals surface area contributed by atoms with E-state index >= 15 is 0 Å². The highest BCUT2D eigenvalue weighted by atomic mass is 127. The molecule has 1 fully saturated rings. The van der Waals surface area contributed by atoms with E-state index in [9.17, 15) is 24.1 Å². The molecule has 12 heteroatoms. The van der Waals surface area contributed by atoms with E-state index in [0.29, 0.717) is 27.2 Å². The van der Waals surface area contributed by atoms with E-state index in [2.05, 4.69) is 22.6 Å². The van der Waals surface area contributed by atoms with Crippen LogP contribution in [0.5, 0.6) is 11.5 Å². The van der Waals surface area contributed by atoms with Crippen LogP contribution in [0.4, 0.5) is 14.9 Å². The summed E-state index contributed by atoms with van der Waals surface area (Å²) in [7, 11) is 0. The number of halogens is 3. The molecule has 0 aromatic heterocycles. The molecule has 0 unspecified atom stereocenters. The Hall–Kier alpha value is -3.16. The molecule has 1 saturated heterocycles. The Labute approximate surface area is 240 Å². The van der Waals surface area contributed by atoms with Gasteiger partial charge in [0.25, 0.3) is 16.8 Å². The molecule has 1 heterocycles. The Bertz CT molecular complexity index is 1430. The maximum Gasteiger partial charge on any atom is 0.293 e. The van der Waals surface area contributed by atoms with Gasteiger partial charge in [-0.3, -0.25) is 24.6 Å². The molecule has 1 aliphatic heterocycles. The summed E-state index contributed by atoms with van der Waals surface area (Å²) in [6, 6.07) is 13.7. The second-order valence-electron chi connectivity index (χ2n) is 7.94. The van der Waals surface area contributed by atoms with Crippen LogP contribution in [0.2, 0.25) is 5.02 Å². The number of amides is 2. The van der Waals surface area contributed by atoms with Crippen LogP contribution in [-0.2, 0) is 17.9 Å². The van der Waals surface area contributed by atoms with E-state index in [-0.39, 0.29) is 34.3 Å². The molecule has 0 N–H and O–H groups in total. The molecule has 0 saturated carbocycles. The number of carbonyl (C=O) groups is 2. The number of nitro benzene ring substituents is 1. The minimum atomic E-state index is -0.597. The molecule has 0 atom stereocenters. The van der Waals surface area contributed by atoms with Crippen molar-refractivity contribution in [2.24, 2.45) is 0 Å². The van der Waals surface area contributed by atoms with Gasteiger partial charge in [0, 0.05) is 22.7 Å². The lowest BCUT2D eigenvalue weighted by Gasteiger charge is -2.15. The topological polar surface area (TPSA) is 99.0 Å². The number of benzene rings is 3. The summed E-state index contributed by atoms with van der Waals surface area (Å²) in [6.07, 6.45) is 1.57. The highest BCUT2D eigenvalue weighted by Gasteiger charge is 2.36. The third kappa shape index (κ3) is 6.27. The number of carbonyl (C=O) groups excluding carboxylic acids is 2. The molecular formula is C26H19ClFIN2O6S. The van der Waals surface area contributed by atoms with Crippen molar-refractivity contribution >= 4 is 68.9 Å². The lowest BCUT2D eigenvalue weighted by atomic mass is 10.1. The van der Waals surface area contributed by atoms with E-state index in [0.717, 1.165) is 22.2 Å². The van der Waals surface area contributed by atoms with Gasteiger partial charge < -0.3 is 9.47 Å². The van der Waals surface area contributed by atoms with Crippen LogP contribution in [0.15, 0.2) is 59.5 Å². The van der Waals surface area contributed by atoms with Crippen LogP contribution in [-0.4, -0.2) is 27.6 Å². The van der Waals surface area contributed by atoms with Crippen LogP contribution < -0.4 is 9.47 Å². The standard InChI is InChI=1S/C26H19ClFIN2O6S/c1-2-36-22-11-16(10-21(29)24(22)37-14-15-6-8-17(9-7-15)31(34)35)12-23-25(32)30(26(33)38-23)13-18-19(27)4-3-5-20(18)28/h3-12H,2,13-14H2,1H3/b23-12-. The summed E-state index contributed by atoms with van der Waals surface area (Å²) in [5.74, 6) is -0.235. The van der Waals surface area contributed by atoms with E-state index in [1.165, 1.54) is 30.3 Å². The highest BCUT2D eigenvalue weighted by molar-refractivity contribution is 14.1. The number of hydrogen-bond acceptors (Lipinski definition) is 7. The third-order valence-corrected chi connectivity index (χ3v) is 7.47. The quantitative estimate of drug-likeness (QED) is 0.103. The number of ether oxygens (including phenoxy) is 2. The largest absolute Gasteiger partial charge is 0.490 e. The number of non-ortho nitro benzene ring substituents is 1. The molecule has 3 aromatic rings. The smallest absolute Gasteiger partial charge is 0.293 e. The van der Waals surface area contributed by atoms with E-state index in [1.54, 1.807) is 30.3 Å². The number of thioether (sulfide) groups is 1. The van der Waals surface area contributed by atoms with Crippen molar-refractivity contribution in [3.63, 3.8) is 0 Å². The molecule has 4 rings (SSSR count). The van der Waals surface area contributed by atoms with Crippen molar-refractivity contribution in [3.05, 3.63) is 101 Å². The Morgan fingerprint density at radius 3 is 2.55 bits per heavy atom. The summed E-state index contributed by atoms with van der Waals surface area (Å²) < 4.78 is 26.6. The Kier molecular flexibility index (Phi) is 8.90. The summed E-state index contributed by atoms with van der Waals surface area (Å²) in [5, 5.41) is 10.5. The molecule has 8 nitrogen and oxygen atoms in total. The van der Waals surface area contributed by atoms with Crippen molar-refractivity contribution in [2.75, 3.05) is 6.61 Å². The first-order valence-corrected chi connectivity index (χ1v) is 13.5. The zero-order valence-corrected chi connectivity index (χ0v) is 23.5. The highest BCUT2D eigenvalue weighted by Crippen LogP contribution is 2.38. The zero-order valence-electron chi connectivity index (χ0n) is 19.8. The Morgan fingerprint density at radius 1 is 1.16 bits per heavy atom. The van der Waals surface area contributed by atoms with Crippen molar-refractivity contribution < 1.29 is 28.4 Å². The second kappa shape index (κ2) is 12.1. The van der Waals surface area contributed by atoms with Crippen LogP contribution in [0.1, 0.15) is 23.6 Å². The third-order valence-electron chi connectivity index (χ3n) is 5.41. The van der Waals surface area contributed by atoms with Gasteiger partial charge in [0.15, 0.2) is 11.5 Å². The van der Waals surface area contributed by atoms with Gasteiger partial charge in [0.2, 0.25) is 0 Å². The van der Waals surface area contributed by atoms with Gasteiger partial charge in [-0.2, -0.15) is 0 Å². The van der Waals surface area contributed by atoms with Crippen molar-refractivity contribution in [1.29, 1.82) is 0 Å².